The lowest BCUT2D eigenvalue weighted by molar-refractivity contribution is -0.167. The smallest absolute Gasteiger partial charge is 0.341 e. The second kappa shape index (κ2) is 9.14. The number of hydroxylamine groups is 3. The highest BCUT2D eigenvalue weighted by Gasteiger charge is 2.50. The Morgan fingerprint density at radius 2 is 1.97 bits per heavy atom. The number of nitrogens with one attached hydrogen (secondary N) is 3. The Labute approximate surface area is 204 Å². The third-order valence-electron chi connectivity index (χ3n) is 6.92. The molecule has 0 atom stereocenters. The van der Waals surface area contributed by atoms with Gasteiger partial charge in [0.2, 0.25) is 5.88 Å². The fraction of sp³-hybridized carbons (Fsp3) is 0.385. The highest BCUT2D eigenvalue weighted by atomic mass is 16.8. The minimum Gasteiger partial charge on any atom is -0.477 e. The molecule has 0 radical (unpaired) electrons. The summed E-state index contributed by atoms with van der Waals surface area (Å²) in [6, 6.07) is 7.81. The van der Waals surface area contributed by atoms with Gasteiger partial charge in [0.15, 0.2) is 5.66 Å². The first kappa shape index (κ1) is 23.0. The van der Waals surface area contributed by atoms with Crippen LogP contribution in [-0.2, 0) is 16.2 Å². The van der Waals surface area contributed by atoms with E-state index in [1.807, 2.05) is 19.1 Å². The maximum atomic E-state index is 12.3. The van der Waals surface area contributed by atoms with Crippen LogP contribution in [0.5, 0.6) is 0 Å². The SMILES string of the molecule is CC1=C2ONC3(CCCCC3)N2OC(Nc2ccnc(NCc3ccc(C)c(C)c3)c2C(=O)O)=C1. The molecule has 2 aliphatic heterocycles. The first-order valence-electron chi connectivity index (χ1n) is 12.0. The number of hydrogen-bond donors (Lipinski definition) is 4. The van der Waals surface area contributed by atoms with Crippen molar-refractivity contribution in [1.82, 2.24) is 15.5 Å². The van der Waals surface area contributed by atoms with Crippen molar-refractivity contribution in [3.05, 3.63) is 76.1 Å². The Hall–Kier alpha value is -3.72. The van der Waals surface area contributed by atoms with Gasteiger partial charge in [-0.15, -0.1) is 10.5 Å². The normalized spacial score (nSPS) is 18.5. The van der Waals surface area contributed by atoms with E-state index in [1.165, 1.54) is 17.5 Å². The van der Waals surface area contributed by atoms with Gasteiger partial charge in [-0.2, -0.15) is 0 Å². The van der Waals surface area contributed by atoms with Crippen molar-refractivity contribution < 1.29 is 19.6 Å². The summed E-state index contributed by atoms with van der Waals surface area (Å²) in [6.45, 7) is 6.52. The molecule has 3 aliphatic rings. The van der Waals surface area contributed by atoms with E-state index in [0.717, 1.165) is 36.8 Å². The third-order valence-corrected chi connectivity index (χ3v) is 6.92. The van der Waals surface area contributed by atoms with Crippen molar-refractivity contribution in [2.75, 3.05) is 10.6 Å². The van der Waals surface area contributed by atoms with Crippen molar-refractivity contribution in [2.45, 2.75) is 65.1 Å². The summed E-state index contributed by atoms with van der Waals surface area (Å²) in [7, 11) is 0. The lowest BCUT2D eigenvalue weighted by atomic mass is 9.89. The minimum absolute atomic E-state index is 0.0523. The lowest BCUT2D eigenvalue weighted by Gasteiger charge is -2.39. The van der Waals surface area contributed by atoms with Crippen LogP contribution in [0.3, 0.4) is 0 Å². The Morgan fingerprint density at radius 3 is 2.71 bits per heavy atom. The number of hydrogen-bond acceptors (Lipinski definition) is 8. The summed E-state index contributed by atoms with van der Waals surface area (Å²) in [5.74, 6) is 0.279. The molecule has 1 saturated carbocycles. The lowest BCUT2D eigenvalue weighted by Crippen LogP contribution is -2.52. The summed E-state index contributed by atoms with van der Waals surface area (Å²) in [6.07, 6.45) is 8.55. The molecule has 2 fully saturated rings. The van der Waals surface area contributed by atoms with Crippen LogP contribution in [0.25, 0.3) is 0 Å². The van der Waals surface area contributed by atoms with Gasteiger partial charge < -0.3 is 25.4 Å². The van der Waals surface area contributed by atoms with Crippen LogP contribution < -0.4 is 16.1 Å². The predicted octanol–water partition coefficient (Wildman–Crippen LogP) is 4.94. The van der Waals surface area contributed by atoms with E-state index in [-0.39, 0.29) is 5.56 Å². The molecule has 1 aromatic heterocycles. The Balaban J connectivity index is 1.38. The second-order valence-corrected chi connectivity index (χ2v) is 9.46. The number of aromatic carboxylic acids is 1. The van der Waals surface area contributed by atoms with Crippen LogP contribution in [0.15, 0.2) is 53.9 Å². The van der Waals surface area contributed by atoms with E-state index in [1.54, 1.807) is 17.3 Å². The maximum absolute atomic E-state index is 12.3. The van der Waals surface area contributed by atoms with Crippen LogP contribution in [-0.4, -0.2) is 26.8 Å². The molecule has 3 heterocycles. The number of benzene rings is 1. The molecule has 184 valence electrons. The molecule has 0 bridgehead atoms. The third kappa shape index (κ3) is 4.39. The molecule has 9 nitrogen and oxygen atoms in total. The van der Waals surface area contributed by atoms with Crippen molar-refractivity contribution in [1.29, 1.82) is 0 Å². The number of nitrogens with zero attached hydrogens (tertiary/aromatic N) is 2. The van der Waals surface area contributed by atoms with Gasteiger partial charge in [-0.3, -0.25) is 0 Å². The fourth-order valence-electron chi connectivity index (χ4n) is 4.82. The molecule has 2 aromatic rings. The Morgan fingerprint density at radius 1 is 1.17 bits per heavy atom. The van der Waals surface area contributed by atoms with Gasteiger partial charge in [0.05, 0.1) is 5.69 Å². The zero-order valence-electron chi connectivity index (χ0n) is 20.3. The van der Waals surface area contributed by atoms with Gasteiger partial charge in [0, 0.05) is 24.4 Å². The van der Waals surface area contributed by atoms with Gasteiger partial charge in [0.1, 0.15) is 11.4 Å². The summed E-state index contributed by atoms with van der Waals surface area (Å²) in [4.78, 5) is 28.5. The number of rotatable bonds is 6. The summed E-state index contributed by atoms with van der Waals surface area (Å²) < 4.78 is 0. The molecule has 0 unspecified atom stereocenters. The largest absolute Gasteiger partial charge is 0.477 e. The Bertz CT molecular complexity index is 1220. The average molecular weight is 478 g/mol. The highest BCUT2D eigenvalue weighted by molar-refractivity contribution is 5.99. The minimum atomic E-state index is -1.08. The Kier molecular flexibility index (Phi) is 6.02. The van der Waals surface area contributed by atoms with E-state index >= 15 is 0 Å². The first-order chi connectivity index (χ1) is 16.9. The molecule has 9 heteroatoms. The molecule has 35 heavy (non-hydrogen) atoms. The van der Waals surface area contributed by atoms with Crippen molar-refractivity contribution >= 4 is 17.5 Å². The molecule has 1 aromatic carbocycles. The van der Waals surface area contributed by atoms with Crippen molar-refractivity contribution in [2.24, 2.45) is 0 Å². The van der Waals surface area contributed by atoms with Gasteiger partial charge in [0.25, 0.3) is 5.88 Å². The molecule has 1 spiro atoms. The zero-order valence-corrected chi connectivity index (χ0v) is 20.3. The zero-order chi connectivity index (χ0) is 24.6. The standard InChI is InChI=1S/C26H31N5O4/c1-16-7-8-19(13-17(16)2)15-28-23-22(25(32)33)20(9-12-27-23)29-21-14-18(3)24-31(35-21)26(30-34-24)10-5-4-6-11-26/h7-9,12-14,30H,4-6,10-11,15H2,1-3H3,(H,32,33)(H2,27,28,29). The van der Waals surface area contributed by atoms with E-state index in [2.05, 4.69) is 47.1 Å². The van der Waals surface area contributed by atoms with Crippen LogP contribution in [0, 0.1) is 13.8 Å². The highest BCUT2D eigenvalue weighted by Crippen LogP contribution is 2.42. The van der Waals surface area contributed by atoms with Crippen LogP contribution in [0.4, 0.5) is 11.5 Å². The molecular weight excluding hydrogens is 446 g/mol. The average Bonchev–Trinajstić information content (AvgIpc) is 3.18. The number of carboxylic acids is 1. The fourth-order valence-corrected chi connectivity index (χ4v) is 4.82. The number of carboxylic acid groups (broad SMARTS) is 1. The maximum Gasteiger partial charge on any atom is 0.341 e. The van der Waals surface area contributed by atoms with E-state index in [9.17, 15) is 9.90 Å². The number of aromatic nitrogens is 1. The van der Waals surface area contributed by atoms with Crippen molar-refractivity contribution in [3.8, 4) is 0 Å². The number of fused-ring (bicyclic) bond motifs is 2. The molecule has 5 rings (SSSR count). The number of allylic oxidation sites excluding steroid dienone is 2. The number of anilines is 2. The topological polar surface area (TPSA) is 108 Å². The van der Waals surface area contributed by atoms with Crippen molar-refractivity contribution in [3.63, 3.8) is 0 Å². The first-order valence-corrected chi connectivity index (χ1v) is 12.0. The van der Waals surface area contributed by atoms with Gasteiger partial charge in [-0.25, -0.2) is 9.78 Å². The predicted molar refractivity (Wildman–Crippen MR) is 132 cm³/mol. The van der Waals surface area contributed by atoms with Gasteiger partial charge in [-0.1, -0.05) is 24.6 Å². The summed E-state index contributed by atoms with van der Waals surface area (Å²) >= 11 is 0. The summed E-state index contributed by atoms with van der Waals surface area (Å²) in [5.41, 5.74) is 7.54. The summed E-state index contributed by atoms with van der Waals surface area (Å²) in [5, 5.41) is 18.2. The molecule has 0 amide bonds. The molecule has 4 N–H and O–H groups in total. The number of carbonyl (C=O) groups is 1. The van der Waals surface area contributed by atoms with Crippen LogP contribution in [0.2, 0.25) is 0 Å². The number of pyridine rings is 1. The number of aryl methyl sites for hydroxylation is 2. The second-order valence-electron chi connectivity index (χ2n) is 9.46. The quantitative estimate of drug-likeness (QED) is 0.460. The molecule has 1 aliphatic carbocycles. The molecule has 1 saturated heterocycles. The van der Waals surface area contributed by atoms with E-state index in [0.29, 0.717) is 29.8 Å². The van der Waals surface area contributed by atoms with Crippen LogP contribution >= 0.6 is 0 Å². The molecular formula is C26H31N5O4. The van der Waals surface area contributed by atoms with E-state index in [4.69, 9.17) is 9.68 Å². The van der Waals surface area contributed by atoms with Gasteiger partial charge in [-0.05, 0) is 69.2 Å². The van der Waals surface area contributed by atoms with Crippen LogP contribution in [0.1, 0.15) is 66.1 Å². The monoisotopic (exact) mass is 477 g/mol. The van der Waals surface area contributed by atoms with Gasteiger partial charge >= 0.3 is 5.97 Å². The van der Waals surface area contributed by atoms with E-state index < -0.39 is 11.6 Å².